The molecule has 2 aromatic rings. The van der Waals surface area contributed by atoms with Crippen LogP contribution in [0.5, 0.6) is 0 Å². The normalized spacial score (nSPS) is 21.2. The molecule has 1 unspecified atom stereocenters. The van der Waals surface area contributed by atoms with Crippen molar-refractivity contribution in [2.75, 3.05) is 18.4 Å². The number of aromatic nitrogens is 3. The highest BCUT2D eigenvalue weighted by Crippen LogP contribution is 2.17. The summed E-state index contributed by atoms with van der Waals surface area (Å²) >= 11 is 0. The number of anilines is 1. The number of hydrogen-bond acceptors (Lipinski definition) is 4. The molecule has 122 valence electrons. The number of urea groups is 1. The summed E-state index contributed by atoms with van der Waals surface area (Å²) in [7, 11) is 0. The molecule has 0 aliphatic carbocycles. The standard InChI is InChI=1S/C15H20N6O2/c1-9-5-11(8-21(7-9)10(2)22)18-15(23)20-13-6-17-14-12(19-13)3-4-16-14/h3-4,6,9,11H,5,7-8H2,1-2H3,(H,16,17)(H2,18,19,20,23)/t9-,11?/m1/s1. The number of likely N-dealkylation sites (tertiary alicyclic amines) is 1. The molecule has 23 heavy (non-hydrogen) atoms. The van der Waals surface area contributed by atoms with Gasteiger partial charge < -0.3 is 15.2 Å². The second kappa shape index (κ2) is 6.23. The van der Waals surface area contributed by atoms with Crippen LogP contribution < -0.4 is 10.6 Å². The van der Waals surface area contributed by atoms with E-state index in [1.165, 1.54) is 6.20 Å². The van der Waals surface area contributed by atoms with Gasteiger partial charge in [-0.3, -0.25) is 10.1 Å². The summed E-state index contributed by atoms with van der Waals surface area (Å²) in [5.41, 5.74) is 1.37. The number of amides is 3. The molecule has 0 bridgehead atoms. The van der Waals surface area contributed by atoms with E-state index in [-0.39, 0.29) is 18.0 Å². The fraction of sp³-hybridized carbons (Fsp3) is 0.467. The van der Waals surface area contributed by atoms with Crippen LogP contribution in [0.15, 0.2) is 18.5 Å². The molecule has 0 saturated carbocycles. The first-order valence-electron chi connectivity index (χ1n) is 7.64. The zero-order valence-corrected chi connectivity index (χ0v) is 13.2. The second-order valence-electron chi connectivity index (χ2n) is 6.03. The van der Waals surface area contributed by atoms with Gasteiger partial charge in [-0.05, 0) is 18.4 Å². The van der Waals surface area contributed by atoms with Crippen molar-refractivity contribution in [1.82, 2.24) is 25.2 Å². The summed E-state index contributed by atoms with van der Waals surface area (Å²) in [6, 6.07) is 1.39. The number of nitrogens with zero attached hydrogens (tertiary/aromatic N) is 3. The maximum atomic E-state index is 12.1. The van der Waals surface area contributed by atoms with E-state index in [9.17, 15) is 9.59 Å². The van der Waals surface area contributed by atoms with Gasteiger partial charge in [0.05, 0.1) is 6.20 Å². The van der Waals surface area contributed by atoms with Crippen LogP contribution in [0.4, 0.5) is 10.6 Å². The van der Waals surface area contributed by atoms with Gasteiger partial charge in [-0.2, -0.15) is 0 Å². The quantitative estimate of drug-likeness (QED) is 0.777. The molecule has 3 heterocycles. The lowest BCUT2D eigenvalue weighted by Gasteiger charge is -2.36. The lowest BCUT2D eigenvalue weighted by molar-refractivity contribution is -0.130. The Morgan fingerprint density at radius 1 is 1.39 bits per heavy atom. The molecule has 0 radical (unpaired) electrons. The molecule has 1 saturated heterocycles. The first-order valence-corrected chi connectivity index (χ1v) is 7.64. The third-order valence-electron chi connectivity index (χ3n) is 3.94. The van der Waals surface area contributed by atoms with Gasteiger partial charge in [0.2, 0.25) is 5.91 Å². The zero-order chi connectivity index (χ0) is 16.4. The van der Waals surface area contributed by atoms with Crippen LogP contribution in [0.1, 0.15) is 20.3 Å². The molecular formula is C15H20N6O2. The summed E-state index contributed by atoms with van der Waals surface area (Å²) < 4.78 is 0. The molecule has 8 heteroatoms. The number of nitrogens with one attached hydrogen (secondary N) is 3. The second-order valence-corrected chi connectivity index (χ2v) is 6.03. The Balaban J connectivity index is 1.61. The van der Waals surface area contributed by atoms with E-state index >= 15 is 0 Å². The number of carbonyl (C=O) groups excluding carboxylic acids is 2. The number of fused-ring (bicyclic) bond motifs is 1. The fourth-order valence-corrected chi connectivity index (χ4v) is 2.94. The Hall–Kier alpha value is -2.64. The van der Waals surface area contributed by atoms with E-state index in [1.54, 1.807) is 24.1 Å². The third-order valence-corrected chi connectivity index (χ3v) is 3.94. The summed E-state index contributed by atoms with van der Waals surface area (Å²) in [6.07, 6.45) is 4.10. The van der Waals surface area contributed by atoms with Gasteiger partial charge in [0.1, 0.15) is 5.52 Å². The molecule has 1 aliphatic heterocycles. The highest BCUT2D eigenvalue weighted by molar-refractivity contribution is 5.89. The smallest absolute Gasteiger partial charge is 0.320 e. The van der Waals surface area contributed by atoms with Gasteiger partial charge in [-0.25, -0.2) is 14.8 Å². The molecule has 1 aliphatic rings. The van der Waals surface area contributed by atoms with Crippen molar-refractivity contribution in [3.63, 3.8) is 0 Å². The maximum Gasteiger partial charge on any atom is 0.320 e. The highest BCUT2D eigenvalue weighted by Gasteiger charge is 2.27. The largest absolute Gasteiger partial charge is 0.345 e. The van der Waals surface area contributed by atoms with E-state index in [0.29, 0.717) is 29.4 Å². The summed E-state index contributed by atoms with van der Waals surface area (Å²) in [4.78, 5) is 36.9. The minimum absolute atomic E-state index is 0.0348. The van der Waals surface area contributed by atoms with Gasteiger partial charge in [-0.1, -0.05) is 6.92 Å². The Kier molecular flexibility index (Phi) is 4.14. The Labute approximate surface area is 133 Å². The lowest BCUT2D eigenvalue weighted by Crippen LogP contribution is -2.52. The fourth-order valence-electron chi connectivity index (χ4n) is 2.94. The number of aromatic amines is 1. The van der Waals surface area contributed by atoms with Crippen LogP contribution in [0.3, 0.4) is 0 Å². The Morgan fingerprint density at radius 2 is 2.22 bits per heavy atom. The zero-order valence-electron chi connectivity index (χ0n) is 13.2. The van der Waals surface area contributed by atoms with E-state index in [0.717, 1.165) is 13.0 Å². The van der Waals surface area contributed by atoms with Gasteiger partial charge in [0, 0.05) is 32.3 Å². The minimum Gasteiger partial charge on any atom is -0.345 e. The van der Waals surface area contributed by atoms with Crippen LogP contribution in [0.25, 0.3) is 11.2 Å². The van der Waals surface area contributed by atoms with Gasteiger partial charge in [0.15, 0.2) is 11.5 Å². The maximum absolute atomic E-state index is 12.1. The van der Waals surface area contributed by atoms with Crippen LogP contribution in [-0.2, 0) is 4.79 Å². The van der Waals surface area contributed by atoms with Crippen molar-refractivity contribution >= 4 is 28.9 Å². The van der Waals surface area contributed by atoms with Crippen LogP contribution in [0.2, 0.25) is 0 Å². The first kappa shape index (κ1) is 15.3. The van der Waals surface area contributed by atoms with Crippen molar-refractivity contribution in [2.24, 2.45) is 5.92 Å². The van der Waals surface area contributed by atoms with E-state index in [4.69, 9.17) is 0 Å². The molecule has 3 N–H and O–H groups in total. The predicted octanol–water partition coefficient (Wildman–Crippen LogP) is 1.34. The van der Waals surface area contributed by atoms with Crippen molar-refractivity contribution in [2.45, 2.75) is 26.3 Å². The van der Waals surface area contributed by atoms with E-state index in [1.807, 2.05) is 0 Å². The van der Waals surface area contributed by atoms with Gasteiger partial charge >= 0.3 is 6.03 Å². The van der Waals surface area contributed by atoms with Crippen molar-refractivity contribution in [3.05, 3.63) is 18.5 Å². The van der Waals surface area contributed by atoms with Gasteiger partial charge in [0.25, 0.3) is 0 Å². The molecule has 0 aromatic carbocycles. The van der Waals surface area contributed by atoms with Crippen molar-refractivity contribution < 1.29 is 9.59 Å². The van der Waals surface area contributed by atoms with Crippen LogP contribution in [-0.4, -0.2) is 50.9 Å². The van der Waals surface area contributed by atoms with E-state index in [2.05, 4.69) is 32.5 Å². The number of hydrogen-bond donors (Lipinski definition) is 3. The average molecular weight is 316 g/mol. The lowest BCUT2D eigenvalue weighted by atomic mass is 9.96. The van der Waals surface area contributed by atoms with Crippen LogP contribution in [0, 0.1) is 5.92 Å². The van der Waals surface area contributed by atoms with Crippen LogP contribution >= 0.6 is 0 Å². The molecule has 3 rings (SSSR count). The summed E-state index contributed by atoms with van der Waals surface area (Å²) in [5.74, 6) is 0.781. The molecule has 0 spiro atoms. The molecular weight excluding hydrogens is 296 g/mol. The number of H-pyrrole nitrogens is 1. The number of carbonyl (C=O) groups is 2. The third kappa shape index (κ3) is 3.58. The summed E-state index contributed by atoms with van der Waals surface area (Å²) in [5, 5.41) is 5.59. The Bertz CT molecular complexity index is 728. The van der Waals surface area contributed by atoms with Crippen molar-refractivity contribution in [1.29, 1.82) is 0 Å². The number of piperidine rings is 1. The Morgan fingerprint density at radius 3 is 3.00 bits per heavy atom. The molecule has 1 fully saturated rings. The molecule has 2 atom stereocenters. The monoisotopic (exact) mass is 316 g/mol. The minimum atomic E-state index is -0.336. The molecule has 8 nitrogen and oxygen atoms in total. The molecule has 3 amide bonds. The molecule has 2 aromatic heterocycles. The SMILES string of the molecule is CC(=O)N1CC(NC(=O)Nc2cnc3[nH]ccc3n2)C[C@@H](C)C1. The summed E-state index contributed by atoms with van der Waals surface area (Å²) in [6.45, 7) is 4.91. The van der Waals surface area contributed by atoms with Gasteiger partial charge in [-0.15, -0.1) is 0 Å². The average Bonchev–Trinajstić information content (AvgIpc) is 2.93. The van der Waals surface area contributed by atoms with Crippen molar-refractivity contribution in [3.8, 4) is 0 Å². The first-order chi connectivity index (χ1) is 11.0. The predicted molar refractivity (Wildman–Crippen MR) is 85.9 cm³/mol. The highest BCUT2D eigenvalue weighted by atomic mass is 16.2. The number of rotatable bonds is 2. The van der Waals surface area contributed by atoms with E-state index < -0.39 is 0 Å². The topological polar surface area (TPSA) is 103 Å².